The van der Waals surface area contributed by atoms with Crippen molar-refractivity contribution in [2.75, 3.05) is 123 Å². The number of likely N-dealkylation sites (tertiary alicyclic amines) is 4. The van der Waals surface area contributed by atoms with E-state index in [4.69, 9.17) is 68.5 Å². The van der Waals surface area contributed by atoms with Gasteiger partial charge in [0.1, 0.15) is 96.2 Å². The maximum atomic E-state index is 10.7. The van der Waals surface area contributed by atoms with E-state index in [9.17, 15) is 20.4 Å². The van der Waals surface area contributed by atoms with Crippen LogP contribution in [0.3, 0.4) is 0 Å². The van der Waals surface area contributed by atoms with Gasteiger partial charge >= 0.3 is 0 Å². The predicted octanol–water partition coefficient (Wildman–Crippen LogP) is 19.0. The number of hydrogen-bond acceptors (Lipinski definition) is 32. The first-order chi connectivity index (χ1) is 70.4. The third-order valence-corrected chi connectivity index (χ3v) is 29.1. The summed E-state index contributed by atoms with van der Waals surface area (Å²) in [5.74, 6) is 10.4. The molecule has 16 heterocycles. The number of piperidine rings is 4. The van der Waals surface area contributed by atoms with E-state index in [1.807, 2.05) is 118 Å². The van der Waals surface area contributed by atoms with Gasteiger partial charge in [0.2, 0.25) is 23.6 Å². The number of hydrogen-bond donors (Lipinski definition) is 4. The Hall–Kier alpha value is -13.0. The van der Waals surface area contributed by atoms with E-state index in [1.165, 1.54) is 50.2 Å². The van der Waals surface area contributed by atoms with Gasteiger partial charge in [-0.3, -0.25) is 0 Å². The molecule has 8 aliphatic rings. The number of nitrogens with zero attached hydrogens (tertiary/aromatic N) is 13. The summed E-state index contributed by atoms with van der Waals surface area (Å²) < 4.78 is 88.3. The van der Waals surface area contributed by atoms with Crippen molar-refractivity contribution in [2.45, 2.75) is 173 Å². The Kier molecular flexibility index (Phi) is 29.9. The number of anilines is 1. The van der Waals surface area contributed by atoms with Crippen molar-refractivity contribution in [2.24, 2.45) is 17.8 Å². The molecule has 4 fully saturated rings. The monoisotopic (exact) mass is 1960 g/mol. The normalized spacial score (nSPS) is 19.1. The Morgan fingerprint density at radius 3 is 1.03 bits per heavy atom. The van der Waals surface area contributed by atoms with Crippen LogP contribution < -0.4 is 23.8 Å². The molecule has 0 radical (unpaired) electrons. The van der Waals surface area contributed by atoms with Crippen LogP contribution in [0.15, 0.2) is 223 Å². The molecule has 24 rings (SSSR count). The number of benzene rings is 8. The number of likely N-dealkylation sites (N-methyl/N-ethyl adjacent to an activating group) is 1. The van der Waals surface area contributed by atoms with Gasteiger partial charge in [-0.25, -0.2) is 0 Å². The van der Waals surface area contributed by atoms with Crippen molar-refractivity contribution in [3.05, 3.63) is 256 Å². The highest BCUT2D eigenvalue weighted by Crippen LogP contribution is 2.47. The minimum absolute atomic E-state index is 0.143. The second kappa shape index (κ2) is 44.3. The molecule has 3 unspecified atom stereocenters. The summed E-state index contributed by atoms with van der Waals surface area (Å²) in [6.07, 6.45) is 8.74. The van der Waals surface area contributed by atoms with Crippen LogP contribution in [-0.2, 0) is 46.9 Å². The van der Waals surface area contributed by atoms with Gasteiger partial charge in [0.05, 0.1) is 59.7 Å². The molecule has 16 aromatic rings. The Morgan fingerprint density at radius 2 is 0.688 bits per heavy atom. The molecule has 0 saturated carbocycles. The second-order valence-corrected chi connectivity index (χ2v) is 39.5. The molecule has 144 heavy (non-hydrogen) atoms. The van der Waals surface area contributed by atoms with Crippen LogP contribution in [0.1, 0.15) is 170 Å². The number of aliphatic hydroxyl groups is 4. The van der Waals surface area contributed by atoms with E-state index < -0.39 is 24.4 Å². The fourth-order valence-electron chi connectivity index (χ4n) is 21.5. The molecule has 0 bridgehead atoms. The van der Waals surface area contributed by atoms with Crippen molar-refractivity contribution in [1.29, 1.82) is 0 Å². The van der Waals surface area contributed by atoms with E-state index in [-0.39, 0.29) is 50.7 Å². The predicted molar refractivity (Wildman–Crippen MR) is 538 cm³/mol. The van der Waals surface area contributed by atoms with Crippen molar-refractivity contribution in [3.63, 3.8) is 0 Å². The van der Waals surface area contributed by atoms with E-state index >= 15 is 0 Å². The maximum Gasteiger partial charge on any atom is 0.283 e. The molecule has 752 valence electrons. The summed E-state index contributed by atoms with van der Waals surface area (Å²) in [5, 5.41) is 78.1. The van der Waals surface area contributed by atoms with E-state index in [0.29, 0.717) is 172 Å². The van der Waals surface area contributed by atoms with Gasteiger partial charge in [0.15, 0.2) is 23.0 Å². The third-order valence-electron chi connectivity index (χ3n) is 29.1. The van der Waals surface area contributed by atoms with Crippen LogP contribution in [0, 0.1) is 31.6 Å². The van der Waals surface area contributed by atoms with Crippen LogP contribution in [0.2, 0.25) is 0 Å². The fraction of sp³-hybridized carbons (Fsp3) is 0.429. The lowest BCUT2D eigenvalue weighted by Gasteiger charge is -2.35. The van der Waals surface area contributed by atoms with E-state index in [1.54, 1.807) is 13.8 Å². The zero-order valence-corrected chi connectivity index (χ0v) is 82.3. The average molecular weight is 1960 g/mol. The number of rotatable bonds is 30. The molecule has 8 aromatic carbocycles. The molecular weight excluding hydrogens is 1830 g/mol. The lowest BCUT2D eigenvalue weighted by Crippen LogP contribution is -2.41. The topological polar surface area (TPSA) is 370 Å². The number of aromatic nitrogens is 8. The van der Waals surface area contributed by atoms with Crippen LogP contribution in [0.25, 0.3) is 90.5 Å². The number of aliphatic hydroxyl groups excluding tert-OH is 4. The first-order valence-corrected chi connectivity index (χ1v) is 50.8. The largest absolute Gasteiger partial charge is 0.490 e. The number of furan rings is 4. The second-order valence-electron chi connectivity index (χ2n) is 39.5. The summed E-state index contributed by atoms with van der Waals surface area (Å²) in [6, 6.07) is 62.5. The van der Waals surface area contributed by atoms with Crippen LogP contribution in [-0.4, -0.2) is 224 Å². The fourth-order valence-corrected chi connectivity index (χ4v) is 21.5. The molecule has 0 spiro atoms. The molecule has 7 atom stereocenters. The van der Waals surface area contributed by atoms with Crippen molar-refractivity contribution in [1.82, 2.24) is 60.4 Å². The minimum Gasteiger partial charge on any atom is -0.490 e. The summed E-state index contributed by atoms with van der Waals surface area (Å²) >= 11 is 0. The molecular formula is C112H125N13O19. The standard InChI is InChI=1S/C29H33N3O5.C28H32N4O4.C28H31N3O5.C27H29N3O5/c1-18(2)28-30-31-29(37-28)26-14-23-24(8-5-9-25(23)36-26)34-17-21(33)15-32-12-10-19(11-13-32)27-22-7-4-3-6-20(22)16-35-27;1-18-29-30-28(35-18)27-15-23-25(4-3-5-26(23)36-27)34-17-22(33)16-32-12-9-19(10-13-32)20-6-7-24-21(14-20)8-11-31(24)2;1-2-26-29-30-28(36-26)25-14-22-23(8-5-9-24(22)35-25)33-17-20(32)15-31-12-10-18(11-13-31)27-21-7-4-3-6-19(21)16-34-27;1-17-28-29-27(34-17)25-13-22-23(7-4-8-24(22)35-25)32-16-20(31)14-30-11-9-18(10-12-30)26-21-6-3-2-5-19(21)15-33-26/h3-9,14,18-19,21,27,33H,10-13,15-17H2,1-2H3;3-7,14-15,19,22,33H,8-13,16-17H2,1-2H3;3-9,14,18,20,27,32H,2,10-13,15-17H2,1H3;2-8,13,18,20,26,31H,9-12,14-16H2,1H3/t21-,27?;22-;20-,27?;20-,26?/m0000/s1. The molecule has 32 heteroatoms. The van der Waals surface area contributed by atoms with E-state index in [0.717, 1.165) is 158 Å². The number of ether oxygens (including phenoxy) is 7. The zero-order valence-electron chi connectivity index (χ0n) is 82.3. The molecule has 0 aliphatic carbocycles. The van der Waals surface area contributed by atoms with Gasteiger partial charge < -0.3 is 113 Å². The highest BCUT2D eigenvalue weighted by Gasteiger charge is 2.39. The number of β-amino-alcohol motifs (C(OH)–C–C–N with tert-alkyl or cyclic N) is 4. The van der Waals surface area contributed by atoms with Crippen molar-refractivity contribution < 1.29 is 88.9 Å². The molecule has 0 amide bonds. The third kappa shape index (κ3) is 22.4. The summed E-state index contributed by atoms with van der Waals surface area (Å²) in [7, 11) is 2.17. The smallest absolute Gasteiger partial charge is 0.283 e. The quantitative estimate of drug-likeness (QED) is 0.0325. The molecule has 4 N–H and O–H groups in total. The van der Waals surface area contributed by atoms with Gasteiger partial charge in [-0.05, 0) is 233 Å². The minimum atomic E-state index is -0.592. The van der Waals surface area contributed by atoms with Crippen LogP contribution in [0.5, 0.6) is 23.0 Å². The summed E-state index contributed by atoms with van der Waals surface area (Å²) in [5.41, 5.74) is 15.0. The van der Waals surface area contributed by atoms with Crippen LogP contribution in [0.4, 0.5) is 5.69 Å². The van der Waals surface area contributed by atoms with Gasteiger partial charge in [-0.15, -0.1) is 40.8 Å². The van der Waals surface area contributed by atoms with Crippen molar-refractivity contribution in [3.8, 4) is 69.6 Å². The lowest BCUT2D eigenvalue weighted by molar-refractivity contribution is -0.00907. The van der Waals surface area contributed by atoms with Gasteiger partial charge in [-0.2, -0.15) is 0 Å². The van der Waals surface area contributed by atoms with Crippen LogP contribution >= 0.6 is 0 Å². The average Bonchev–Trinajstić information content (AvgIpc) is 1.64. The summed E-state index contributed by atoms with van der Waals surface area (Å²) in [4.78, 5) is 11.7. The Morgan fingerprint density at radius 1 is 0.347 bits per heavy atom. The number of fused-ring (bicyclic) bond motifs is 8. The molecule has 8 aromatic heterocycles. The van der Waals surface area contributed by atoms with E-state index in [2.05, 4.69) is 163 Å². The lowest BCUT2D eigenvalue weighted by atomic mass is 9.87. The SMILES string of the molecule is CC(C)c1nnc(-c2cc3c(OC[C@@H](O)CN4CCC(C5OCc6ccccc65)CC4)cccc3o2)o1.CCc1nnc(-c2cc3c(OC[C@@H](O)CN4CCC(C5OCc6ccccc65)CC4)cccc3o2)o1.Cc1nnc(-c2cc3c(OC[C@@H](O)CN4CCC(C5OCc6ccccc65)CC4)cccc3o2)o1.Cc1nnc(-c2cc3c(OC[C@@H](O)CN4CCC(c5ccc6c(c5)CCN6C)CC4)cccc3o2)o1. The highest BCUT2D eigenvalue weighted by molar-refractivity contribution is 5.90. The highest BCUT2D eigenvalue weighted by atomic mass is 16.5. The summed E-state index contributed by atoms with van der Waals surface area (Å²) in [6.45, 7) is 23.6. The molecule has 32 nitrogen and oxygen atoms in total. The Bertz CT molecular complexity index is 6980. The van der Waals surface area contributed by atoms with Gasteiger partial charge in [0.25, 0.3) is 23.6 Å². The Labute approximate surface area is 834 Å². The Balaban J connectivity index is 0.000000113. The zero-order chi connectivity index (χ0) is 98.3. The first-order valence-electron chi connectivity index (χ1n) is 50.8. The molecule has 8 aliphatic heterocycles. The molecule has 4 saturated heterocycles. The number of aryl methyl sites for hydroxylation is 3. The van der Waals surface area contributed by atoms with Crippen molar-refractivity contribution >= 4 is 49.6 Å². The van der Waals surface area contributed by atoms with Gasteiger partial charge in [-0.1, -0.05) is 130 Å². The first kappa shape index (κ1) is 97.1. The maximum absolute atomic E-state index is 10.7. The van der Waals surface area contributed by atoms with Gasteiger partial charge in [0, 0.05) is 95.9 Å².